The van der Waals surface area contributed by atoms with E-state index in [1.807, 2.05) is 45.0 Å². The average molecular weight is 349 g/mol. The predicted molar refractivity (Wildman–Crippen MR) is 97.1 cm³/mol. The van der Waals surface area contributed by atoms with Gasteiger partial charge in [0.25, 0.3) is 5.91 Å². The van der Waals surface area contributed by atoms with E-state index in [-0.39, 0.29) is 11.8 Å². The van der Waals surface area contributed by atoms with Gasteiger partial charge in [0.1, 0.15) is 10.4 Å². The zero-order chi connectivity index (χ0) is 17.1. The normalized spacial score (nSPS) is 19.3. The van der Waals surface area contributed by atoms with Crippen LogP contribution in [0.3, 0.4) is 0 Å². The maximum atomic E-state index is 12.7. The molecule has 1 aliphatic heterocycles. The van der Waals surface area contributed by atoms with E-state index in [0.717, 1.165) is 22.9 Å². The smallest absolute Gasteiger partial charge is 0.327 e. The van der Waals surface area contributed by atoms with Gasteiger partial charge in [0.2, 0.25) is 0 Å². The molecule has 1 fully saturated rings. The highest BCUT2D eigenvalue weighted by Gasteiger charge is 2.42. The maximum Gasteiger partial charge on any atom is 0.327 e. The van der Waals surface area contributed by atoms with Crippen LogP contribution in [0.5, 0.6) is 0 Å². The highest BCUT2D eigenvalue weighted by molar-refractivity contribution is 8.26. The van der Waals surface area contributed by atoms with Crippen molar-refractivity contribution < 1.29 is 14.7 Å². The molecule has 0 bridgehead atoms. The highest BCUT2D eigenvalue weighted by atomic mass is 32.2. The standard InChI is InChI=1S/C17H19NO3S2/c1-4-10(2)14(16(20)21)18-15(19)13(23-17(18)22)9-12-8-6-5-7-11(12)3/h5-10,14H,4H2,1-3H3,(H,20,21)/b13-9-/t10-,14+/m0/s1. The third-order valence-corrected chi connectivity index (χ3v) is 5.34. The number of aryl methyl sites for hydroxylation is 1. The van der Waals surface area contributed by atoms with Gasteiger partial charge in [-0.1, -0.05) is 68.5 Å². The van der Waals surface area contributed by atoms with Crippen molar-refractivity contribution in [2.75, 3.05) is 0 Å². The fourth-order valence-corrected chi connectivity index (χ4v) is 3.76. The van der Waals surface area contributed by atoms with E-state index in [1.165, 1.54) is 4.90 Å². The molecule has 122 valence electrons. The molecule has 1 saturated heterocycles. The summed E-state index contributed by atoms with van der Waals surface area (Å²) in [4.78, 5) is 26.0. The Labute approximate surface area is 145 Å². The molecule has 0 saturated carbocycles. The third-order valence-electron chi connectivity index (χ3n) is 4.01. The topological polar surface area (TPSA) is 57.6 Å². The second kappa shape index (κ2) is 7.27. The summed E-state index contributed by atoms with van der Waals surface area (Å²) in [5.41, 5.74) is 1.98. The van der Waals surface area contributed by atoms with Crippen molar-refractivity contribution in [3.05, 3.63) is 40.3 Å². The summed E-state index contributed by atoms with van der Waals surface area (Å²) >= 11 is 6.43. The lowest BCUT2D eigenvalue weighted by Gasteiger charge is -2.27. The summed E-state index contributed by atoms with van der Waals surface area (Å²) in [6, 6.07) is 6.80. The van der Waals surface area contributed by atoms with E-state index in [1.54, 1.807) is 6.08 Å². The summed E-state index contributed by atoms with van der Waals surface area (Å²) in [5.74, 6) is -1.52. The molecule has 1 N–H and O–H groups in total. The molecular weight excluding hydrogens is 330 g/mol. The summed E-state index contributed by atoms with van der Waals surface area (Å²) < 4.78 is 0.308. The number of nitrogens with zero attached hydrogens (tertiary/aromatic N) is 1. The van der Waals surface area contributed by atoms with Gasteiger partial charge >= 0.3 is 5.97 Å². The molecule has 0 radical (unpaired) electrons. The van der Waals surface area contributed by atoms with Crippen LogP contribution in [0.4, 0.5) is 0 Å². The second-order valence-electron chi connectivity index (χ2n) is 5.58. The van der Waals surface area contributed by atoms with Gasteiger partial charge in [-0.15, -0.1) is 0 Å². The summed E-state index contributed by atoms with van der Waals surface area (Å²) in [6.45, 7) is 5.69. The number of thiocarbonyl (C=S) groups is 1. The molecule has 6 heteroatoms. The van der Waals surface area contributed by atoms with Gasteiger partial charge in [-0.3, -0.25) is 9.69 Å². The first-order valence-corrected chi connectivity index (χ1v) is 8.64. The second-order valence-corrected chi connectivity index (χ2v) is 7.25. The minimum Gasteiger partial charge on any atom is -0.480 e. The Balaban J connectivity index is 2.36. The molecule has 0 spiro atoms. The minimum absolute atomic E-state index is 0.173. The minimum atomic E-state index is -1.02. The van der Waals surface area contributed by atoms with Crippen LogP contribution >= 0.6 is 24.0 Å². The number of carboxylic acids is 1. The first-order chi connectivity index (χ1) is 10.9. The van der Waals surface area contributed by atoms with E-state index >= 15 is 0 Å². The number of aliphatic carboxylic acids is 1. The number of benzene rings is 1. The maximum absolute atomic E-state index is 12.7. The largest absolute Gasteiger partial charge is 0.480 e. The van der Waals surface area contributed by atoms with E-state index in [4.69, 9.17) is 12.2 Å². The lowest BCUT2D eigenvalue weighted by atomic mass is 9.98. The van der Waals surface area contributed by atoms with Crippen LogP contribution in [-0.4, -0.2) is 32.2 Å². The lowest BCUT2D eigenvalue weighted by Crippen LogP contribution is -2.47. The van der Waals surface area contributed by atoms with Gasteiger partial charge in [0, 0.05) is 0 Å². The van der Waals surface area contributed by atoms with Gasteiger partial charge in [0.05, 0.1) is 4.91 Å². The van der Waals surface area contributed by atoms with Gasteiger partial charge in [0.15, 0.2) is 0 Å². The predicted octanol–water partition coefficient (Wildman–Crippen LogP) is 3.70. The van der Waals surface area contributed by atoms with E-state index in [9.17, 15) is 14.7 Å². The number of carbonyl (C=O) groups is 2. The zero-order valence-corrected chi connectivity index (χ0v) is 14.9. The molecule has 1 amide bonds. The van der Waals surface area contributed by atoms with Crippen molar-refractivity contribution in [1.29, 1.82) is 0 Å². The molecule has 2 atom stereocenters. The van der Waals surface area contributed by atoms with Crippen LogP contribution < -0.4 is 0 Å². The van der Waals surface area contributed by atoms with Crippen LogP contribution in [0.25, 0.3) is 6.08 Å². The number of rotatable bonds is 5. The quantitative estimate of drug-likeness (QED) is 0.649. The molecule has 2 rings (SSSR count). The van der Waals surface area contributed by atoms with Crippen molar-refractivity contribution in [2.45, 2.75) is 33.2 Å². The van der Waals surface area contributed by atoms with Gasteiger partial charge < -0.3 is 5.11 Å². The fourth-order valence-electron chi connectivity index (χ4n) is 2.44. The summed E-state index contributed by atoms with van der Waals surface area (Å²) in [5, 5.41) is 9.51. The molecule has 1 heterocycles. The molecule has 1 aromatic carbocycles. The Morgan fingerprint density at radius 3 is 2.65 bits per heavy atom. The van der Waals surface area contributed by atoms with E-state index < -0.39 is 12.0 Å². The molecule has 23 heavy (non-hydrogen) atoms. The molecule has 0 unspecified atom stereocenters. The monoisotopic (exact) mass is 349 g/mol. The number of amides is 1. The summed E-state index contributed by atoms with van der Waals surface area (Å²) in [6.07, 6.45) is 2.44. The highest BCUT2D eigenvalue weighted by Crippen LogP contribution is 2.36. The van der Waals surface area contributed by atoms with Gasteiger partial charge in [-0.2, -0.15) is 0 Å². The Bertz CT molecular complexity index is 684. The number of hydrogen-bond acceptors (Lipinski definition) is 4. The Hall–Kier alpha value is -1.66. The van der Waals surface area contributed by atoms with Crippen LogP contribution in [0.2, 0.25) is 0 Å². The number of carboxylic acid groups (broad SMARTS) is 1. The first-order valence-electron chi connectivity index (χ1n) is 7.42. The van der Waals surface area contributed by atoms with Crippen molar-refractivity contribution in [1.82, 2.24) is 4.90 Å². The molecular formula is C17H19NO3S2. The Morgan fingerprint density at radius 1 is 1.43 bits per heavy atom. The van der Waals surface area contributed by atoms with Crippen LogP contribution in [0, 0.1) is 12.8 Å². The number of carbonyl (C=O) groups excluding carboxylic acids is 1. The third kappa shape index (κ3) is 3.64. The SMILES string of the molecule is CC[C@H](C)[C@H](C(=O)O)N1C(=O)/C(=C/c2ccccc2C)SC1=S. The van der Waals surface area contributed by atoms with Gasteiger partial charge in [-0.05, 0) is 30.0 Å². The Morgan fingerprint density at radius 2 is 2.09 bits per heavy atom. The Kier molecular flexibility index (Phi) is 5.59. The number of hydrogen-bond donors (Lipinski definition) is 1. The van der Waals surface area contributed by atoms with Crippen LogP contribution in [0.1, 0.15) is 31.4 Å². The first kappa shape index (κ1) is 17.7. The molecule has 4 nitrogen and oxygen atoms in total. The molecule has 1 aromatic rings. The molecule has 0 aliphatic carbocycles. The average Bonchev–Trinajstić information content (AvgIpc) is 2.77. The molecule has 1 aliphatic rings. The van der Waals surface area contributed by atoms with Crippen LogP contribution in [0.15, 0.2) is 29.2 Å². The van der Waals surface area contributed by atoms with Crippen LogP contribution in [-0.2, 0) is 9.59 Å². The molecule has 0 aromatic heterocycles. The van der Waals surface area contributed by atoms with Crippen molar-refractivity contribution in [3.63, 3.8) is 0 Å². The van der Waals surface area contributed by atoms with Crippen molar-refractivity contribution in [3.8, 4) is 0 Å². The fraction of sp³-hybridized carbons (Fsp3) is 0.353. The van der Waals surface area contributed by atoms with Gasteiger partial charge in [-0.25, -0.2) is 4.79 Å². The lowest BCUT2D eigenvalue weighted by molar-refractivity contribution is -0.147. The zero-order valence-electron chi connectivity index (χ0n) is 13.3. The van der Waals surface area contributed by atoms with E-state index in [0.29, 0.717) is 15.6 Å². The van der Waals surface area contributed by atoms with E-state index in [2.05, 4.69) is 0 Å². The van der Waals surface area contributed by atoms with Crippen molar-refractivity contribution in [2.24, 2.45) is 5.92 Å². The van der Waals surface area contributed by atoms with Crippen molar-refractivity contribution >= 4 is 46.3 Å². The number of thioether (sulfide) groups is 1. The summed E-state index contributed by atoms with van der Waals surface area (Å²) in [7, 11) is 0.